The fourth-order valence-corrected chi connectivity index (χ4v) is 9.77. The Labute approximate surface area is 477 Å². The van der Waals surface area contributed by atoms with E-state index in [2.05, 4.69) is 168 Å². The SMILES string of the molecule is CC(C)(C)c1ccc2[nH]c3c(-c4cccc(-c5ccc(O[CH-]Oc6ccc(-c7cccc(-c8cc(C(C)(C)C)cc9c8[nH]c8ccc(C(C)(C)C)cc89)c7O)cc6)cc5)c4O)cc(C(C)(C)C)cc3c2c1.[CH2-]CCC.[CH3-].[Zr+3]. The summed E-state index contributed by atoms with van der Waals surface area (Å²) in [5.41, 5.74) is 15.6. The van der Waals surface area contributed by atoms with Gasteiger partial charge in [-0.3, -0.25) is 0 Å². The number of para-hydroxylation sites is 2. The fraction of sp³-hybridized carbons (Fsp3) is 0.271. The predicted octanol–water partition coefficient (Wildman–Crippen LogP) is 19.9. The van der Waals surface area contributed by atoms with Crippen molar-refractivity contribution in [1.82, 2.24) is 9.97 Å². The molecular weight excluding hydrogens is 1020 g/mol. The molecule has 0 saturated carbocycles. The van der Waals surface area contributed by atoms with Crippen LogP contribution in [0.5, 0.6) is 23.0 Å². The van der Waals surface area contributed by atoms with Gasteiger partial charge in [0, 0.05) is 72.8 Å². The Morgan fingerprint density at radius 3 is 1.08 bits per heavy atom. The zero-order chi connectivity index (χ0) is 53.8. The van der Waals surface area contributed by atoms with Crippen LogP contribution in [0.4, 0.5) is 0 Å². The first-order chi connectivity index (χ1) is 35.4. The van der Waals surface area contributed by atoms with Crippen LogP contribution < -0.4 is 9.47 Å². The molecular formula is C70H77N2O4Zr. The second-order valence-electron chi connectivity index (χ2n) is 24.3. The third-order valence-electron chi connectivity index (χ3n) is 14.6. The van der Waals surface area contributed by atoms with Crippen LogP contribution in [0.25, 0.3) is 88.1 Å². The number of rotatable bonds is 9. The number of hydrogen-bond donors (Lipinski definition) is 4. The molecule has 0 fully saturated rings. The Morgan fingerprint density at radius 2 is 0.753 bits per heavy atom. The summed E-state index contributed by atoms with van der Waals surface area (Å²) in [6, 6.07) is 49.6. The minimum atomic E-state index is -0.108. The largest absolute Gasteiger partial charge is 3.00 e. The van der Waals surface area contributed by atoms with Crippen LogP contribution >= 0.6 is 0 Å². The molecule has 0 spiro atoms. The van der Waals surface area contributed by atoms with Crippen LogP contribution in [0, 0.1) is 21.1 Å². The molecule has 0 aliphatic heterocycles. The van der Waals surface area contributed by atoms with Gasteiger partial charge in [-0.15, -0.1) is 0 Å². The summed E-state index contributed by atoms with van der Waals surface area (Å²) in [7, 11) is 0. The molecule has 0 atom stereocenters. The number of phenolic OH excluding ortho intramolecular Hbond substituents is 2. The number of aromatic nitrogens is 2. The van der Waals surface area contributed by atoms with Crippen LogP contribution in [-0.4, -0.2) is 20.2 Å². The van der Waals surface area contributed by atoms with Gasteiger partial charge >= 0.3 is 26.2 Å². The quantitative estimate of drug-likeness (QED) is 0.108. The number of unbranched alkanes of at least 4 members (excludes halogenated alkanes) is 1. The van der Waals surface area contributed by atoms with Gasteiger partial charge in [-0.2, -0.15) is 6.42 Å². The molecule has 0 aliphatic rings. The third kappa shape index (κ3) is 12.0. The smallest absolute Gasteiger partial charge is 0.623 e. The van der Waals surface area contributed by atoms with E-state index in [1.807, 2.05) is 84.9 Å². The molecule has 0 aliphatic carbocycles. The van der Waals surface area contributed by atoms with Crippen molar-refractivity contribution in [1.29, 1.82) is 0 Å². The summed E-state index contributed by atoms with van der Waals surface area (Å²) < 4.78 is 11.9. The first kappa shape index (κ1) is 58.1. The molecule has 10 rings (SSSR count). The zero-order valence-corrected chi connectivity index (χ0v) is 50.2. The van der Waals surface area contributed by atoms with E-state index in [0.717, 1.165) is 83.8 Å². The monoisotopic (exact) mass is 1100 g/mol. The summed E-state index contributed by atoms with van der Waals surface area (Å²) in [5.74, 6) is 1.61. The molecule has 4 N–H and O–H groups in total. The number of phenols is 2. The van der Waals surface area contributed by atoms with Crippen molar-refractivity contribution < 1.29 is 45.9 Å². The molecule has 7 heteroatoms. The molecule has 6 nitrogen and oxygen atoms in total. The molecule has 395 valence electrons. The fourth-order valence-electron chi connectivity index (χ4n) is 9.77. The van der Waals surface area contributed by atoms with E-state index in [0.29, 0.717) is 11.5 Å². The van der Waals surface area contributed by atoms with Crippen molar-refractivity contribution in [2.75, 3.05) is 0 Å². The van der Waals surface area contributed by atoms with E-state index < -0.39 is 0 Å². The van der Waals surface area contributed by atoms with Gasteiger partial charge in [0.05, 0.1) is 22.5 Å². The van der Waals surface area contributed by atoms with Crippen LogP contribution in [-0.2, 0) is 47.9 Å². The number of aromatic hydroxyl groups is 2. The molecule has 77 heavy (non-hydrogen) atoms. The van der Waals surface area contributed by atoms with E-state index in [1.165, 1.54) is 46.2 Å². The van der Waals surface area contributed by atoms with Crippen LogP contribution in [0.2, 0.25) is 0 Å². The van der Waals surface area contributed by atoms with Gasteiger partial charge in [0.15, 0.2) is 0 Å². The molecule has 0 saturated heterocycles. The molecule has 2 aromatic heterocycles. The molecule has 0 unspecified atom stereocenters. The van der Waals surface area contributed by atoms with E-state index in [4.69, 9.17) is 9.47 Å². The minimum Gasteiger partial charge on any atom is -0.623 e. The van der Waals surface area contributed by atoms with Crippen molar-refractivity contribution in [2.45, 2.75) is 125 Å². The Kier molecular flexibility index (Phi) is 16.9. The number of hydrogen-bond acceptors (Lipinski definition) is 4. The van der Waals surface area contributed by atoms with Crippen LogP contribution in [0.1, 0.15) is 125 Å². The first-order valence-electron chi connectivity index (χ1n) is 26.5. The van der Waals surface area contributed by atoms with Gasteiger partial charge in [0.1, 0.15) is 11.5 Å². The Morgan fingerprint density at radius 1 is 0.429 bits per heavy atom. The molecule has 8 aromatic carbocycles. The first-order valence-corrected chi connectivity index (χ1v) is 26.5. The summed E-state index contributed by atoms with van der Waals surface area (Å²) in [6.07, 6.45) is 2.28. The molecule has 1 radical (unpaired) electrons. The zero-order valence-electron chi connectivity index (χ0n) is 47.8. The minimum absolute atomic E-state index is 0. The summed E-state index contributed by atoms with van der Waals surface area (Å²) in [5, 5.41) is 28.7. The van der Waals surface area contributed by atoms with Crippen LogP contribution in [0.3, 0.4) is 0 Å². The van der Waals surface area contributed by atoms with Gasteiger partial charge in [-0.1, -0.05) is 169 Å². The van der Waals surface area contributed by atoms with Gasteiger partial charge < -0.3 is 44.0 Å². The molecule has 0 amide bonds. The number of ether oxygens (including phenoxy) is 2. The molecule has 10 aromatic rings. The number of benzene rings is 8. The van der Waals surface area contributed by atoms with Gasteiger partial charge in [0.25, 0.3) is 0 Å². The Bertz CT molecular complexity index is 3460. The van der Waals surface area contributed by atoms with Gasteiger partial charge in [0.2, 0.25) is 0 Å². The Balaban J connectivity index is 0.00000139. The third-order valence-corrected chi connectivity index (χ3v) is 14.6. The van der Waals surface area contributed by atoms with Crippen molar-refractivity contribution in [2.24, 2.45) is 0 Å². The van der Waals surface area contributed by atoms with Crippen molar-refractivity contribution >= 4 is 43.6 Å². The second kappa shape index (κ2) is 22.4. The van der Waals surface area contributed by atoms with Crippen LogP contribution in [0.15, 0.2) is 146 Å². The van der Waals surface area contributed by atoms with Gasteiger partial charge in [-0.05, 0) is 128 Å². The number of aromatic amines is 2. The van der Waals surface area contributed by atoms with Crippen molar-refractivity contribution in [3.05, 3.63) is 189 Å². The van der Waals surface area contributed by atoms with Crippen molar-refractivity contribution in [3.8, 4) is 67.5 Å². The number of fused-ring (bicyclic) bond motifs is 6. The maximum atomic E-state index is 12.0. The van der Waals surface area contributed by atoms with E-state index in [-0.39, 0.29) is 66.8 Å². The van der Waals surface area contributed by atoms with E-state index >= 15 is 0 Å². The number of nitrogens with one attached hydrogen (secondary N) is 2. The maximum Gasteiger partial charge on any atom is 3.00 e. The standard InChI is InChI=1S/C65H65N2O4.C4H9.CH3.Zr/c1-62(2,3)40-23-29-56-50(31-40)54-35-42(64(7,8)9)33-52(58(54)66-56)48-17-13-15-46(60(48)68)38-19-25-44(26-20-38)70-37-71-45-27-21-39(22-28-45)47-16-14-18-49(61(47)69)53-34-43(65(10,11)12)36-55-51-32-41(63(4,5)6)24-30-57(51)67-59(53)55;1-3-4-2;;/h13-37,66-69H,1-12H3;1,3-4H2,2H3;1H3;/q3*-1;+3. The second-order valence-corrected chi connectivity index (χ2v) is 24.3. The number of H-pyrrole nitrogens is 2. The average Bonchev–Trinajstić information content (AvgIpc) is 3.95. The van der Waals surface area contributed by atoms with Gasteiger partial charge in [-0.25, -0.2) is 0 Å². The van der Waals surface area contributed by atoms with E-state index in [9.17, 15) is 10.2 Å². The van der Waals surface area contributed by atoms with E-state index in [1.54, 1.807) is 0 Å². The Hall–Kier alpha value is -6.56. The average molecular weight is 1100 g/mol. The normalized spacial score (nSPS) is 12.1. The van der Waals surface area contributed by atoms with Crippen molar-refractivity contribution in [3.63, 3.8) is 0 Å². The predicted molar refractivity (Wildman–Crippen MR) is 324 cm³/mol. The summed E-state index contributed by atoms with van der Waals surface area (Å²) >= 11 is 0. The molecule has 2 heterocycles. The molecule has 0 bridgehead atoms. The maximum absolute atomic E-state index is 12.0. The topological polar surface area (TPSA) is 90.5 Å². The summed E-state index contributed by atoms with van der Waals surface area (Å²) in [4.78, 5) is 7.42. The summed E-state index contributed by atoms with van der Waals surface area (Å²) in [6.45, 7) is 33.9.